The van der Waals surface area contributed by atoms with Gasteiger partial charge in [-0.05, 0) is 69.9 Å². The summed E-state index contributed by atoms with van der Waals surface area (Å²) in [6.45, 7) is 4.68. The maximum atomic E-state index is 2.50. The summed E-state index contributed by atoms with van der Waals surface area (Å²) in [7, 11) is 0. The minimum absolute atomic E-state index is 0.157. The smallest absolute Gasteiger partial charge is 0.247 e. The third-order valence-corrected chi connectivity index (χ3v) is 8.52. The van der Waals surface area contributed by atoms with E-state index in [2.05, 4.69) is 140 Å². The molecule has 0 bridgehead atoms. The topological polar surface area (TPSA) is 3.24 Å². The van der Waals surface area contributed by atoms with Crippen LogP contribution in [0.1, 0.15) is 11.1 Å². The van der Waals surface area contributed by atoms with Crippen molar-refractivity contribution in [2.75, 3.05) is 4.90 Å². The summed E-state index contributed by atoms with van der Waals surface area (Å²) in [4.78, 5) is 2.50. The lowest BCUT2D eigenvalue weighted by molar-refractivity contribution is 1.31. The maximum absolute atomic E-state index is 2.50. The van der Waals surface area contributed by atoms with E-state index in [1.807, 2.05) is 0 Å². The van der Waals surface area contributed by atoms with E-state index in [1.54, 1.807) is 0 Å². The van der Waals surface area contributed by atoms with Crippen LogP contribution in [0.15, 0.2) is 121 Å². The molecule has 178 valence electrons. The van der Waals surface area contributed by atoms with E-state index in [4.69, 9.17) is 0 Å². The highest BCUT2D eigenvalue weighted by molar-refractivity contribution is 6.98. The lowest BCUT2D eigenvalue weighted by Crippen LogP contribution is -2.58. The Bertz CT molecular complexity index is 1970. The van der Waals surface area contributed by atoms with Gasteiger partial charge in [0.2, 0.25) is 6.71 Å². The molecule has 2 heteroatoms. The molecule has 1 nitrogen and oxygen atoms in total. The number of nitrogens with zero attached hydrogens (tertiary/aromatic N) is 1. The molecule has 0 atom stereocenters. The van der Waals surface area contributed by atoms with E-state index in [0.717, 1.165) is 0 Å². The first-order chi connectivity index (χ1) is 18.7. The molecule has 0 saturated heterocycles. The van der Waals surface area contributed by atoms with Gasteiger partial charge in [-0.1, -0.05) is 120 Å². The van der Waals surface area contributed by atoms with Crippen LogP contribution in [0, 0.1) is 13.8 Å². The second-order valence-corrected chi connectivity index (χ2v) is 10.6. The number of benzene rings is 7. The van der Waals surface area contributed by atoms with E-state index in [0.29, 0.717) is 0 Å². The quantitative estimate of drug-likeness (QED) is 0.182. The molecule has 0 amide bonds. The highest BCUT2D eigenvalue weighted by atomic mass is 15.2. The monoisotopic (exact) mass is 483 g/mol. The number of para-hydroxylation sites is 2. The van der Waals surface area contributed by atoms with Crippen molar-refractivity contribution in [3.63, 3.8) is 0 Å². The van der Waals surface area contributed by atoms with Crippen molar-refractivity contribution in [2.24, 2.45) is 0 Å². The maximum Gasteiger partial charge on any atom is 0.247 e. The standard InChI is InChI=1S/C36H26BN/c1-23-10-8-11-24(2)35(23)37-30-16-6-7-17-32(30)38(28-14-4-3-5-15-28)36-29-21-20-26-13-9-12-25-18-19-27(22-31(36)37)34(29)33(25)26/h3-22H,1-2H3. The van der Waals surface area contributed by atoms with Gasteiger partial charge in [-0.2, -0.15) is 0 Å². The Morgan fingerprint density at radius 1 is 0.526 bits per heavy atom. The Morgan fingerprint density at radius 2 is 1.18 bits per heavy atom. The summed E-state index contributed by atoms with van der Waals surface area (Å²) >= 11 is 0. The highest BCUT2D eigenvalue weighted by Crippen LogP contribution is 2.44. The largest absolute Gasteiger partial charge is 0.311 e. The summed E-state index contributed by atoms with van der Waals surface area (Å²) in [5.74, 6) is 0. The van der Waals surface area contributed by atoms with E-state index in [-0.39, 0.29) is 6.71 Å². The van der Waals surface area contributed by atoms with Crippen molar-refractivity contribution in [2.45, 2.75) is 13.8 Å². The van der Waals surface area contributed by atoms with Crippen LogP contribution < -0.4 is 21.3 Å². The zero-order chi connectivity index (χ0) is 25.4. The van der Waals surface area contributed by atoms with Crippen LogP contribution in [0.4, 0.5) is 17.1 Å². The SMILES string of the molecule is Cc1cccc(C)c1B1c2ccccc2N(c2ccccc2)c2c1cc1ccc3cccc4ccc2c1c34. The number of fused-ring (bicyclic) bond motifs is 3. The van der Waals surface area contributed by atoms with Gasteiger partial charge in [0.1, 0.15) is 0 Å². The predicted molar refractivity (Wildman–Crippen MR) is 165 cm³/mol. The van der Waals surface area contributed by atoms with Crippen molar-refractivity contribution in [3.8, 4) is 0 Å². The first-order valence-corrected chi connectivity index (χ1v) is 13.4. The number of hydrogen-bond acceptors (Lipinski definition) is 1. The molecular formula is C36H26BN. The first-order valence-electron chi connectivity index (χ1n) is 13.4. The van der Waals surface area contributed by atoms with E-state index in [9.17, 15) is 0 Å². The lowest BCUT2D eigenvalue weighted by atomic mass is 9.33. The fourth-order valence-corrected chi connectivity index (χ4v) is 6.95. The lowest BCUT2D eigenvalue weighted by Gasteiger charge is -2.39. The normalized spacial score (nSPS) is 12.9. The van der Waals surface area contributed by atoms with Crippen LogP contribution in [0.3, 0.4) is 0 Å². The van der Waals surface area contributed by atoms with Gasteiger partial charge in [-0.3, -0.25) is 0 Å². The Hall–Kier alpha value is -4.56. The Morgan fingerprint density at radius 3 is 1.97 bits per heavy atom. The third kappa shape index (κ3) is 2.89. The summed E-state index contributed by atoms with van der Waals surface area (Å²) in [5, 5.41) is 7.95. The summed E-state index contributed by atoms with van der Waals surface area (Å²) in [6, 6.07) is 45.0. The van der Waals surface area contributed by atoms with Crippen molar-refractivity contribution >= 4 is 72.5 Å². The van der Waals surface area contributed by atoms with Crippen LogP contribution in [0.5, 0.6) is 0 Å². The predicted octanol–water partition coefficient (Wildman–Crippen LogP) is 7.50. The second kappa shape index (κ2) is 7.97. The molecule has 0 fully saturated rings. The average Bonchev–Trinajstić information content (AvgIpc) is 2.96. The van der Waals surface area contributed by atoms with Gasteiger partial charge in [0.25, 0.3) is 0 Å². The molecular weight excluding hydrogens is 457 g/mol. The minimum Gasteiger partial charge on any atom is -0.311 e. The minimum atomic E-state index is 0.157. The summed E-state index contributed by atoms with van der Waals surface area (Å²) in [5.41, 5.74) is 10.6. The van der Waals surface area contributed by atoms with Gasteiger partial charge in [-0.15, -0.1) is 0 Å². The first kappa shape index (κ1) is 21.5. The molecule has 0 N–H and O–H groups in total. The van der Waals surface area contributed by atoms with Gasteiger partial charge in [-0.25, -0.2) is 0 Å². The van der Waals surface area contributed by atoms with Gasteiger partial charge >= 0.3 is 0 Å². The molecule has 1 heterocycles. The van der Waals surface area contributed by atoms with Crippen LogP contribution in [0.25, 0.3) is 32.3 Å². The van der Waals surface area contributed by atoms with E-state index >= 15 is 0 Å². The molecule has 1 aliphatic heterocycles. The number of anilines is 3. The number of rotatable bonds is 2. The molecule has 0 aliphatic carbocycles. The molecule has 0 aromatic heterocycles. The van der Waals surface area contributed by atoms with Crippen LogP contribution >= 0.6 is 0 Å². The molecule has 1 aliphatic rings. The fourth-order valence-electron chi connectivity index (χ4n) is 6.95. The molecule has 7 aromatic rings. The average molecular weight is 483 g/mol. The third-order valence-electron chi connectivity index (χ3n) is 8.52. The van der Waals surface area contributed by atoms with Crippen molar-refractivity contribution in [1.29, 1.82) is 0 Å². The second-order valence-electron chi connectivity index (χ2n) is 10.6. The summed E-state index contributed by atoms with van der Waals surface area (Å²) in [6.07, 6.45) is 0. The van der Waals surface area contributed by atoms with Gasteiger partial charge in [0.05, 0.1) is 0 Å². The van der Waals surface area contributed by atoms with Crippen molar-refractivity contribution in [1.82, 2.24) is 0 Å². The van der Waals surface area contributed by atoms with Gasteiger partial charge in [0.15, 0.2) is 0 Å². The molecule has 0 saturated carbocycles. The van der Waals surface area contributed by atoms with Crippen LogP contribution in [0.2, 0.25) is 0 Å². The van der Waals surface area contributed by atoms with E-state index < -0.39 is 0 Å². The fraction of sp³-hybridized carbons (Fsp3) is 0.0556. The van der Waals surface area contributed by atoms with E-state index in [1.165, 1.54) is 76.9 Å². The van der Waals surface area contributed by atoms with Crippen LogP contribution in [-0.4, -0.2) is 6.71 Å². The summed E-state index contributed by atoms with van der Waals surface area (Å²) < 4.78 is 0. The Balaban J connectivity index is 1.58. The Kier molecular flexibility index (Phi) is 4.51. The molecule has 0 spiro atoms. The van der Waals surface area contributed by atoms with Gasteiger partial charge in [0, 0.05) is 22.4 Å². The Labute approximate surface area is 223 Å². The molecule has 8 rings (SSSR count). The van der Waals surface area contributed by atoms with Crippen LogP contribution in [-0.2, 0) is 0 Å². The number of hydrogen-bond donors (Lipinski definition) is 0. The molecule has 0 radical (unpaired) electrons. The van der Waals surface area contributed by atoms with Gasteiger partial charge < -0.3 is 4.90 Å². The molecule has 7 aromatic carbocycles. The zero-order valence-corrected chi connectivity index (χ0v) is 21.6. The zero-order valence-electron chi connectivity index (χ0n) is 21.6. The number of aryl methyl sites for hydroxylation is 2. The molecule has 38 heavy (non-hydrogen) atoms. The molecule has 0 unspecified atom stereocenters. The van der Waals surface area contributed by atoms with Crippen molar-refractivity contribution < 1.29 is 0 Å². The van der Waals surface area contributed by atoms with Crippen molar-refractivity contribution in [3.05, 3.63) is 132 Å². The highest BCUT2D eigenvalue weighted by Gasteiger charge is 2.38.